The molecule has 1 N–H and O–H groups in total. The maximum absolute atomic E-state index is 13.1. The second-order valence-electron chi connectivity index (χ2n) is 8.47. The van der Waals surface area contributed by atoms with Gasteiger partial charge in [0, 0.05) is 36.6 Å². The van der Waals surface area contributed by atoms with Gasteiger partial charge in [0.2, 0.25) is 0 Å². The molecule has 3 aromatic rings. The van der Waals surface area contributed by atoms with Gasteiger partial charge in [-0.2, -0.15) is 0 Å². The fourth-order valence-corrected chi connectivity index (χ4v) is 3.91. The first kappa shape index (κ1) is 21.6. The van der Waals surface area contributed by atoms with Gasteiger partial charge in [-0.25, -0.2) is 4.79 Å². The monoisotopic (exact) mass is 427 g/mol. The standard InChI is InChI=1S/C27H29N3O2/c1-20(2)22-11-9-21(10-12-22)19-29-17-6-18-30(27(29)32)25-15-13-24(14-16-25)28-26(31)23-7-4-3-5-8-23/h3-5,7-16,20H,6,17-19H2,1-2H3,(H,28,31). The van der Waals surface area contributed by atoms with Gasteiger partial charge in [0.15, 0.2) is 0 Å². The molecule has 164 valence electrons. The van der Waals surface area contributed by atoms with E-state index in [1.54, 1.807) is 12.1 Å². The van der Waals surface area contributed by atoms with E-state index in [4.69, 9.17) is 0 Å². The Balaban J connectivity index is 1.40. The molecular formula is C27H29N3O2. The van der Waals surface area contributed by atoms with Crippen molar-refractivity contribution in [3.05, 3.63) is 95.6 Å². The van der Waals surface area contributed by atoms with Gasteiger partial charge >= 0.3 is 6.03 Å². The van der Waals surface area contributed by atoms with Gasteiger partial charge in [-0.1, -0.05) is 56.3 Å². The van der Waals surface area contributed by atoms with Gasteiger partial charge in [-0.3, -0.25) is 9.69 Å². The summed E-state index contributed by atoms with van der Waals surface area (Å²) < 4.78 is 0. The maximum atomic E-state index is 13.1. The minimum absolute atomic E-state index is 0.0188. The van der Waals surface area contributed by atoms with E-state index in [1.807, 2.05) is 52.3 Å². The van der Waals surface area contributed by atoms with Crippen LogP contribution in [-0.2, 0) is 6.54 Å². The summed E-state index contributed by atoms with van der Waals surface area (Å²) in [5, 5.41) is 2.90. The Morgan fingerprint density at radius 2 is 1.59 bits per heavy atom. The smallest absolute Gasteiger partial charge is 0.322 e. The number of anilines is 2. The quantitative estimate of drug-likeness (QED) is 0.533. The van der Waals surface area contributed by atoms with E-state index in [0.717, 1.165) is 24.2 Å². The molecule has 0 bridgehead atoms. The zero-order valence-corrected chi connectivity index (χ0v) is 18.6. The van der Waals surface area contributed by atoms with Crippen molar-refractivity contribution in [1.29, 1.82) is 0 Å². The van der Waals surface area contributed by atoms with Gasteiger partial charge in [-0.05, 0) is 59.9 Å². The Hall–Kier alpha value is -3.60. The van der Waals surface area contributed by atoms with Crippen LogP contribution in [-0.4, -0.2) is 29.9 Å². The molecule has 3 amide bonds. The zero-order valence-electron chi connectivity index (χ0n) is 18.6. The number of hydrogen-bond donors (Lipinski definition) is 1. The molecule has 0 atom stereocenters. The van der Waals surface area contributed by atoms with Crippen LogP contribution in [0.3, 0.4) is 0 Å². The van der Waals surface area contributed by atoms with Crippen molar-refractivity contribution in [2.24, 2.45) is 0 Å². The van der Waals surface area contributed by atoms with Crippen LogP contribution in [0.15, 0.2) is 78.9 Å². The molecule has 0 saturated carbocycles. The Morgan fingerprint density at radius 3 is 2.25 bits per heavy atom. The lowest BCUT2D eigenvalue weighted by Crippen LogP contribution is -2.49. The van der Waals surface area contributed by atoms with Crippen LogP contribution in [0, 0.1) is 0 Å². The minimum atomic E-state index is -0.151. The first-order chi connectivity index (χ1) is 15.5. The third-order valence-corrected chi connectivity index (χ3v) is 5.80. The number of urea groups is 1. The third-order valence-electron chi connectivity index (χ3n) is 5.80. The van der Waals surface area contributed by atoms with Crippen molar-refractivity contribution in [2.75, 3.05) is 23.3 Å². The molecule has 32 heavy (non-hydrogen) atoms. The van der Waals surface area contributed by atoms with E-state index >= 15 is 0 Å². The molecule has 5 heteroatoms. The first-order valence-electron chi connectivity index (χ1n) is 11.1. The van der Waals surface area contributed by atoms with Crippen molar-refractivity contribution in [2.45, 2.75) is 32.7 Å². The Morgan fingerprint density at radius 1 is 0.906 bits per heavy atom. The topological polar surface area (TPSA) is 52.6 Å². The lowest BCUT2D eigenvalue weighted by molar-refractivity contribution is 0.102. The summed E-state index contributed by atoms with van der Waals surface area (Å²) in [4.78, 5) is 29.2. The van der Waals surface area contributed by atoms with Crippen molar-refractivity contribution in [1.82, 2.24) is 4.90 Å². The van der Waals surface area contributed by atoms with E-state index in [-0.39, 0.29) is 11.9 Å². The lowest BCUT2D eigenvalue weighted by Gasteiger charge is -2.35. The van der Waals surface area contributed by atoms with Crippen molar-refractivity contribution in [3.63, 3.8) is 0 Å². The number of benzene rings is 3. The molecule has 0 unspecified atom stereocenters. The number of nitrogens with one attached hydrogen (secondary N) is 1. The minimum Gasteiger partial charge on any atom is -0.322 e. The van der Waals surface area contributed by atoms with Crippen LogP contribution < -0.4 is 10.2 Å². The average Bonchev–Trinajstić information content (AvgIpc) is 2.82. The largest absolute Gasteiger partial charge is 0.324 e. The number of carbonyl (C=O) groups excluding carboxylic acids is 2. The fourth-order valence-electron chi connectivity index (χ4n) is 3.91. The molecule has 3 aromatic carbocycles. The van der Waals surface area contributed by atoms with Gasteiger partial charge in [-0.15, -0.1) is 0 Å². The Kier molecular flexibility index (Phi) is 6.55. The Bertz CT molecular complexity index is 1060. The predicted molar refractivity (Wildman–Crippen MR) is 129 cm³/mol. The van der Waals surface area contributed by atoms with Crippen LogP contribution >= 0.6 is 0 Å². The summed E-state index contributed by atoms with van der Waals surface area (Å²) in [7, 11) is 0. The summed E-state index contributed by atoms with van der Waals surface area (Å²) in [5.41, 5.74) is 4.60. The third kappa shape index (κ3) is 4.99. The number of hydrogen-bond acceptors (Lipinski definition) is 2. The summed E-state index contributed by atoms with van der Waals surface area (Å²) in [5.74, 6) is 0.346. The summed E-state index contributed by atoms with van der Waals surface area (Å²) in [6, 6.07) is 25.1. The summed E-state index contributed by atoms with van der Waals surface area (Å²) >= 11 is 0. The number of amides is 3. The zero-order chi connectivity index (χ0) is 22.5. The van der Waals surface area contributed by atoms with Gasteiger partial charge in [0.05, 0.1) is 0 Å². The lowest BCUT2D eigenvalue weighted by atomic mass is 10.0. The van der Waals surface area contributed by atoms with E-state index in [0.29, 0.717) is 30.3 Å². The van der Waals surface area contributed by atoms with E-state index in [2.05, 4.69) is 43.4 Å². The maximum Gasteiger partial charge on any atom is 0.324 e. The molecule has 4 rings (SSSR count). The molecule has 0 spiro atoms. The number of rotatable bonds is 6. The van der Waals surface area contributed by atoms with E-state index in [1.165, 1.54) is 5.56 Å². The molecule has 1 aliphatic heterocycles. The van der Waals surface area contributed by atoms with Crippen molar-refractivity contribution >= 4 is 23.3 Å². The van der Waals surface area contributed by atoms with Crippen LogP contribution in [0.4, 0.5) is 16.2 Å². The number of nitrogens with zero attached hydrogens (tertiary/aromatic N) is 2. The second-order valence-corrected chi connectivity index (χ2v) is 8.47. The molecule has 1 saturated heterocycles. The highest BCUT2D eigenvalue weighted by Gasteiger charge is 2.26. The van der Waals surface area contributed by atoms with E-state index in [9.17, 15) is 9.59 Å². The summed E-state index contributed by atoms with van der Waals surface area (Å²) in [6.07, 6.45) is 0.919. The number of carbonyl (C=O) groups is 2. The highest BCUT2D eigenvalue weighted by molar-refractivity contribution is 6.04. The highest BCUT2D eigenvalue weighted by Crippen LogP contribution is 2.24. The SMILES string of the molecule is CC(C)c1ccc(CN2CCCN(c3ccc(NC(=O)c4ccccc4)cc3)C2=O)cc1. The van der Waals surface area contributed by atoms with Crippen molar-refractivity contribution in [3.8, 4) is 0 Å². The molecule has 0 aromatic heterocycles. The normalized spacial score (nSPS) is 14.0. The van der Waals surface area contributed by atoms with Crippen LogP contribution in [0.2, 0.25) is 0 Å². The van der Waals surface area contributed by atoms with Crippen LogP contribution in [0.25, 0.3) is 0 Å². The van der Waals surface area contributed by atoms with Gasteiger partial charge in [0.25, 0.3) is 5.91 Å². The van der Waals surface area contributed by atoms with Gasteiger partial charge in [0.1, 0.15) is 0 Å². The molecule has 5 nitrogen and oxygen atoms in total. The highest BCUT2D eigenvalue weighted by atomic mass is 16.2. The average molecular weight is 428 g/mol. The molecule has 1 aliphatic rings. The Labute approximate surface area is 189 Å². The van der Waals surface area contributed by atoms with Crippen LogP contribution in [0.1, 0.15) is 47.7 Å². The second kappa shape index (κ2) is 9.69. The molecule has 1 fully saturated rings. The molecule has 0 radical (unpaired) electrons. The predicted octanol–water partition coefficient (Wildman–Crippen LogP) is 5.89. The first-order valence-corrected chi connectivity index (χ1v) is 11.1. The fraction of sp³-hybridized carbons (Fsp3) is 0.259. The van der Waals surface area contributed by atoms with Crippen LogP contribution in [0.5, 0.6) is 0 Å². The van der Waals surface area contributed by atoms with Crippen molar-refractivity contribution < 1.29 is 9.59 Å². The molecular weight excluding hydrogens is 398 g/mol. The summed E-state index contributed by atoms with van der Waals surface area (Å²) in [6.45, 7) is 6.42. The van der Waals surface area contributed by atoms with Gasteiger partial charge < -0.3 is 10.2 Å². The molecule has 1 heterocycles. The molecule has 0 aliphatic carbocycles. The van der Waals surface area contributed by atoms with E-state index < -0.39 is 0 Å².